The predicted molar refractivity (Wildman–Crippen MR) is 140 cm³/mol. The molecule has 0 bridgehead atoms. The first-order valence-electron chi connectivity index (χ1n) is 11.0. The highest BCUT2D eigenvalue weighted by molar-refractivity contribution is 7.22. The van der Waals surface area contributed by atoms with Gasteiger partial charge in [-0.2, -0.15) is 0 Å². The summed E-state index contributed by atoms with van der Waals surface area (Å²) in [4.78, 5) is 16.7. The number of ether oxygens (including phenoxy) is 4. The molecular weight excluding hydrogens is 483 g/mol. The fourth-order valence-electron chi connectivity index (χ4n) is 3.52. The summed E-state index contributed by atoms with van der Waals surface area (Å²) in [5.74, 6) is 1.52. The van der Waals surface area contributed by atoms with Crippen LogP contribution in [0.15, 0.2) is 48.5 Å². The van der Waals surface area contributed by atoms with E-state index in [9.17, 15) is 9.18 Å². The smallest absolute Gasteiger partial charge is 0.264 e. The third kappa shape index (κ3) is 5.75. The zero-order valence-corrected chi connectivity index (χ0v) is 21.1. The van der Waals surface area contributed by atoms with E-state index < -0.39 is 0 Å². The van der Waals surface area contributed by atoms with Crippen molar-refractivity contribution in [2.24, 2.45) is 0 Å². The van der Waals surface area contributed by atoms with Gasteiger partial charge in [0, 0.05) is 6.07 Å². The minimum atomic E-state index is -0.372. The van der Waals surface area contributed by atoms with Gasteiger partial charge in [-0.15, -0.1) is 0 Å². The zero-order valence-electron chi connectivity index (χ0n) is 20.3. The van der Waals surface area contributed by atoms with Gasteiger partial charge in [0.25, 0.3) is 5.91 Å². The number of benzene rings is 3. The van der Waals surface area contributed by atoms with Crippen LogP contribution in [0.2, 0.25) is 0 Å². The molecule has 1 aromatic heterocycles. The number of amides is 1. The number of methoxy groups -OCH3 is 3. The number of fused-ring (bicyclic) bond motifs is 1. The molecule has 1 N–H and O–H groups in total. The first-order valence-corrected chi connectivity index (χ1v) is 11.8. The Balaban J connectivity index is 1.43. The largest absolute Gasteiger partial charge is 0.493 e. The molecule has 4 rings (SSSR count). The van der Waals surface area contributed by atoms with Crippen LogP contribution in [0, 0.1) is 12.7 Å². The fraction of sp³-hybridized carbons (Fsp3) is 0.185. The number of nitrogens with one attached hydrogen (secondary N) is 1. The first-order chi connectivity index (χ1) is 17.4. The van der Waals surface area contributed by atoms with Gasteiger partial charge in [0.05, 0.1) is 31.5 Å². The monoisotopic (exact) mass is 508 g/mol. The van der Waals surface area contributed by atoms with E-state index in [1.165, 1.54) is 23.5 Å². The van der Waals surface area contributed by atoms with Crippen LogP contribution >= 0.6 is 11.3 Å². The third-order valence-corrected chi connectivity index (χ3v) is 6.27. The number of aryl methyl sites for hydroxylation is 1. The summed E-state index contributed by atoms with van der Waals surface area (Å²) in [5.41, 5.74) is 3.14. The Morgan fingerprint density at radius 2 is 1.64 bits per heavy atom. The number of carbonyl (C=O) groups is 1. The van der Waals surface area contributed by atoms with Gasteiger partial charge >= 0.3 is 0 Å². The molecule has 7 nitrogen and oxygen atoms in total. The van der Waals surface area contributed by atoms with Crippen molar-refractivity contribution >= 4 is 44.7 Å². The Morgan fingerprint density at radius 1 is 0.944 bits per heavy atom. The lowest BCUT2D eigenvalue weighted by atomic mass is 10.1. The molecule has 0 aliphatic rings. The molecule has 1 heterocycles. The molecule has 186 valence electrons. The standard InChI is InChI=1S/C27H25FN2O5S/c1-16-5-6-17(7-8-18-12-22(32-2)26(34-4)23(13-18)33-3)11-21(16)35-15-25(31)30-27-29-20-14-19(28)9-10-24(20)36-27/h5-14H,15H2,1-4H3,(H,29,30,31)/b8-7-. The topological polar surface area (TPSA) is 78.9 Å². The summed E-state index contributed by atoms with van der Waals surface area (Å²) in [7, 11) is 4.70. The number of aromatic nitrogens is 1. The highest BCUT2D eigenvalue weighted by Gasteiger charge is 2.13. The van der Waals surface area contributed by atoms with E-state index in [1.807, 2.05) is 49.4 Å². The number of thiazole rings is 1. The molecule has 1 amide bonds. The van der Waals surface area contributed by atoms with Crippen molar-refractivity contribution in [2.45, 2.75) is 6.92 Å². The number of anilines is 1. The lowest BCUT2D eigenvalue weighted by Crippen LogP contribution is -2.20. The van der Waals surface area contributed by atoms with Crippen molar-refractivity contribution < 1.29 is 28.1 Å². The van der Waals surface area contributed by atoms with Crippen LogP contribution in [-0.4, -0.2) is 38.8 Å². The fourth-order valence-corrected chi connectivity index (χ4v) is 4.38. The van der Waals surface area contributed by atoms with E-state index in [-0.39, 0.29) is 18.3 Å². The van der Waals surface area contributed by atoms with E-state index in [4.69, 9.17) is 18.9 Å². The van der Waals surface area contributed by atoms with Gasteiger partial charge in [-0.25, -0.2) is 9.37 Å². The Hall–Kier alpha value is -4.11. The Morgan fingerprint density at radius 3 is 2.33 bits per heavy atom. The van der Waals surface area contributed by atoms with Crippen molar-refractivity contribution in [2.75, 3.05) is 33.3 Å². The summed E-state index contributed by atoms with van der Waals surface area (Å²) in [6, 6.07) is 13.8. The van der Waals surface area contributed by atoms with Gasteiger partial charge in [-0.3, -0.25) is 10.1 Å². The van der Waals surface area contributed by atoms with Crippen molar-refractivity contribution in [3.63, 3.8) is 0 Å². The normalized spacial score (nSPS) is 11.0. The summed E-state index contributed by atoms with van der Waals surface area (Å²) in [5, 5.41) is 3.10. The summed E-state index contributed by atoms with van der Waals surface area (Å²) in [6.45, 7) is 1.72. The molecule has 9 heteroatoms. The van der Waals surface area contributed by atoms with Gasteiger partial charge in [-0.1, -0.05) is 35.6 Å². The quantitative estimate of drug-likeness (QED) is 0.281. The number of nitrogens with zero attached hydrogens (tertiary/aromatic N) is 1. The first kappa shape index (κ1) is 25.0. The maximum absolute atomic E-state index is 13.4. The second kappa shape index (κ2) is 11.1. The van der Waals surface area contributed by atoms with Gasteiger partial charge in [0.2, 0.25) is 5.75 Å². The van der Waals surface area contributed by atoms with E-state index in [2.05, 4.69) is 10.3 Å². The molecule has 0 radical (unpaired) electrons. The van der Waals surface area contributed by atoms with E-state index in [1.54, 1.807) is 27.4 Å². The highest BCUT2D eigenvalue weighted by Crippen LogP contribution is 2.38. The molecule has 0 atom stereocenters. The molecule has 0 saturated heterocycles. The molecule has 0 aliphatic heterocycles. The average Bonchev–Trinajstić information content (AvgIpc) is 3.27. The molecule has 0 spiro atoms. The zero-order chi connectivity index (χ0) is 25.7. The Kier molecular flexibility index (Phi) is 7.70. The van der Waals surface area contributed by atoms with E-state index in [0.717, 1.165) is 21.4 Å². The van der Waals surface area contributed by atoms with Crippen LogP contribution in [0.25, 0.3) is 22.4 Å². The SMILES string of the molecule is COc1cc(/C=C\c2ccc(C)c(OCC(=O)Nc3nc4cc(F)ccc4s3)c2)cc(OC)c1OC. The van der Waals surface area contributed by atoms with Crippen LogP contribution in [0.5, 0.6) is 23.0 Å². The molecule has 36 heavy (non-hydrogen) atoms. The predicted octanol–water partition coefficient (Wildman–Crippen LogP) is 5.96. The highest BCUT2D eigenvalue weighted by atomic mass is 32.1. The third-order valence-electron chi connectivity index (χ3n) is 5.32. The molecule has 3 aromatic carbocycles. The van der Waals surface area contributed by atoms with E-state index >= 15 is 0 Å². The summed E-state index contributed by atoms with van der Waals surface area (Å²) in [6.07, 6.45) is 3.84. The molecule has 0 unspecified atom stereocenters. The van der Waals surface area contributed by atoms with E-state index in [0.29, 0.717) is 33.6 Å². The molecule has 4 aromatic rings. The Labute approximate surface area is 212 Å². The lowest BCUT2D eigenvalue weighted by Gasteiger charge is -2.13. The number of halogens is 1. The molecule has 0 saturated carbocycles. The summed E-state index contributed by atoms with van der Waals surface area (Å²) < 4.78 is 36.1. The van der Waals surface area contributed by atoms with Crippen LogP contribution in [-0.2, 0) is 4.79 Å². The molecular formula is C27H25FN2O5S. The second-order valence-electron chi connectivity index (χ2n) is 7.78. The second-order valence-corrected chi connectivity index (χ2v) is 8.82. The molecule has 0 fully saturated rings. The van der Waals surface area contributed by atoms with Gasteiger partial charge < -0.3 is 18.9 Å². The van der Waals surface area contributed by atoms with Crippen molar-refractivity contribution in [1.82, 2.24) is 4.98 Å². The Bertz CT molecular complexity index is 1410. The van der Waals surface area contributed by atoms with Crippen molar-refractivity contribution in [1.29, 1.82) is 0 Å². The van der Waals surface area contributed by atoms with Crippen molar-refractivity contribution in [3.05, 3.63) is 71.0 Å². The van der Waals surface area contributed by atoms with Gasteiger partial charge in [0.1, 0.15) is 11.6 Å². The number of rotatable bonds is 9. The maximum Gasteiger partial charge on any atom is 0.264 e. The number of hydrogen-bond donors (Lipinski definition) is 1. The maximum atomic E-state index is 13.4. The van der Waals surface area contributed by atoms with Gasteiger partial charge in [0.15, 0.2) is 23.2 Å². The summed E-state index contributed by atoms with van der Waals surface area (Å²) >= 11 is 1.27. The van der Waals surface area contributed by atoms with Crippen LogP contribution in [0.3, 0.4) is 0 Å². The lowest BCUT2D eigenvalue weighted by molar-refractivity contribution is -0.118. The minimum Gasteiger partial charge on any atom is -0.493 e. The van der Waals surface area contributed by atoms with Crippen molar-refractivity contribution in [3.8, 4) is 23.0 Å². The van der Waals surface area contributed by atoms with Crippen LogP contribution < -0.4 is 24.3 Å². The minimum absolute atomic E-state index is 0.189. The molecule has 0 aliphatic carbocycles. The number of hydrogen-bond acceptors (Lipinski definition) is 7. The van der Waals surface area contributed by atoms with Crippen LogP contribution in [0.4, 0.5) is 9.52 Å². The number of carbonyl (C=O) groups excluding carboxylic acids is 1. The van der Waals surface area contributed by atoms with Gasteiger partial charge in [-0.05, 0) is 53.9 Å². The average molecular weight is 509 g/mol. The van der Waals surface area contributed by atoms with Crippen LogP contribution in [0.1, 0.15) is 16.7 Å².